The zero-order chi connectivity index (χ0) is 15.2. The van der Waals surface area contributed by atoms with E-state index in [1.54, 1.807) is 13.8 Å². The van der Waals surface area contributed by atoms with Gasteiger partial charge in [0.1, 0.15) is 0 Å². The number of carboxylic acids is 1. The summed E-state index contributed by atoms with van der Waals surface area (Å²) in [6.45, 7) is 3.30. The maximum absolute atomic E-state index is 12.2. The van der Waals surface area contributed by atoms with Gasteiger partial charge >= 0.3 is 11.9 Å². The molecule has 0 spiro atoms. The highest BCUT2D eigenvalue weighted by Crippen LogP contribution is 2.31. The van der Waals surface area contributed by atoms with Gasteiger partial charge in [0.15, 0.2) is 0 Å². The van der Waals surface area contributed by atoms with E-state index >= 15 is 0 Å². The van der Waals surface area contributed by atoms with Crippen LogP contribution in [0, 0.1) is 11.8 Å². The van der Waals surface area contributed by atoms with Gasteiger partial charge in [0.2, 0.25) is 5.41 Å². The third-order valence-electron chi connectivity index (χ3n) is 2.86. The second-order valence-corrected chi connectivity index (χ2v) is 4.48. The number of esters is 1. The highest BCUT2D eigenvalue weighted by atomic mass is 35.5. The van der Waals surface area contributed by atoms with Crippen molar-refractivity contribution in [1.82, 2.24) is 0 Å². The van der Waals surface area contributed by atoms with E-state index in [1.807, 2.05) is 0 Å². The molecule has 0 aliphatic carbocycles. The number of rotatable bonds is 5. The summed E-state index contributed by atoms with van der Waals surface area (Å²) in [5.41, 5.74) is -1.53. The lowest BCUT2D eigenvalue weighted by molar-refractivity contribution is -0.161. The van der Waals surface area contributed by atoms with Crippen LogP contribution in [-0.4, -0.2) is 23.7 Å². The van der Waals surface area contributed by atoms with Crippen molar-refractivity contribution in [2.24, 2.45) is 0 Å². The first-order chi connectivity index (χ1) is 9.48. The van der Waals surface area contributed by atoms with E-state index in [9.17, 15) is 14.7 Å². The Bertz CT molecular complexity index is 553. The molecule has 0 saturated heterocycles. The zero-order valence-corrected chi connectivity index (χ0v) is 12.0. The van der Waals surface area contributed by atoms with Crippen LogP contribution < -0.4 is 0 Å². The van der Waals surface area contributed by atoms with Crippen molar-refractivity contribution in [3.63, 3.8) is 0 Å². The van der Waals surface area contributed by atoms with Gasteiger partial charge in [-0.1, -0.05) is 23.7 Å². The molecule has 0 aliphatic heterocycles. The molecule has 106 valence electrons. The first-order valence-corrected chi connectivity index (χ1v) is 6.43. The average Bonchev–Trinajstić information content (AvgIpc) is 2.41. The van der Waals surface area contributed by atoms with Crippen LogP contribution in [0.2, 0.25) is 5.02 Å². The zero-order valence-electron chi connectivity index (χ0n) is 11.3. The first-order valence-electron chi connectivity index (χ1n) is 6.05. The molecule has 0 aromatic heterocycles. The average molecular weight is 295 g/mol. The van der Waals surface area contributed by atoms with Crippen molar-refractivity contribution in [3.8, 4) is 11.8 Å². The van der Waals surface area contributed by atoms with E-state index in [1.165, 1.54) is 24.3 Å². The molecule has 1 aromatic carbocycles. The quantitative estimate of drug-likeness (QED) is 0.515. The summed E-state index contributed by atoms with van der Waals surface area (Å²) in [6.07, 6.45) is -0.153. The first kappa shape index (κ1) is 16.1. The van der Waals surface area contributed by atoms with Crippen molar-refractivity contribution >= 4 is 23.5 Å². The standard InChI is InChI=1S/C15H15ClO4/c1-3-5-10-15(13(17)18,14(19)20-4-2)11-6-8-12(16)9-7-11/h6-9H,4,10H2,1-2H3,(H,17,18). The highest BCUT2D eigenvalue weighted by Gasteiger charge is 2.49. The Hall–Kier alpha value is -1.99. The number of carbonyl (C=O) groups excluding carboxylic acids is 1. The minimum absolute atomic E-state index is 0.0982. The van der Waals surface area contributed by atoms with Crippen molar-refractivity contribution in [2.75, 3.05) is 6.61 Å². The molecule has 0 heterocycles. The van der Waals surface area contributed by atoms with Crippen LogP contribution in [0.1, 0.15) is 25.8 Å². The third kappa shape index (κ3) is 3.12. The molecule has 1 unspecified atom stereocenters. The largest absolute Gasteiger partial charge is 0.480 e. The minimum Gasteiger partial charge on any atom is -0.480 e. The Balaban J connectivity index is 3.42. The lowest BCUT2D eigenvalue weighted by atomic mass is 9.77. The smallest absolute Gasteiger partial charge is 0.329 e. The van der Waals surface area contributed by atoms with Crippen LogP contribution in [-0.2, 0) is 19.7 Å². The van der Waals surface area contributed by atoms with Crippen LogP contribution in [0.15, 0.2) is 24.3 Å². The molecule has 1 N–H and O–H groups in total. The normalized spacial score (nSPS) is 12.8. The van der Waals surface area contributed by atoms with Crippen LogP contribution in [0.4, 0.5) is 0 Å². The predicted molar refractivity (Wildman–Crippen MR) is 75.5 cm³/mol. The molecule has 0 radical (unpaired) electrons. The Morgan fingerprint density at radius 3 is 2.40 bits per heavy atom. The second kappa shape index (κ2) is 6.97. The molecule has 1 atom stereocenters. The summed E-state index contributed by atoms with van der Waals surface area (Å²) in [5, 5.41) is 10.0. The molecule has 0 bridgehead atoms. The number of aliphatic carboxylic acids is 1. The summed E-state index contributed by atoms with van der Waals surface area (Å²) < 4.78 is 4.93. The Kier molecular flexibility index (Phi) is 5.60. The predicted octanol–water partition coefficient (Wildman–Crippen LogP) is 2.64. The minimum atomic E-state index is -1.83. The van der Waals surface area contributed by atoms with Gasteiger partial charge in [-0.2, -0.15) is 0 Å². The lowest BCUT2D eigenvalue weighted by Gasteiger charge is -2.25. The molecular weight excluding hydrogens is 280 g/mol. The van der Waals surface area contributed by atoms with Crippen LogP contribution in [0.3, 0.4) is 0 Å². The number of carboxylic acid groups (broad SMARTS) is 1. The molecule has 0 aliphatic rings. The van der Waals surface area contributed by atoms with Gasteiger partial charge in [0.25, 0.3) is 0 Å². The Morgan fingerprint density at radius 2 is 1.95 bits per heavy atom. The second-order valence-electron chi connectivity index (χ2n) is 4.04. The van der Waals surface area contributed by atoms with Gasteiger partial charge in [0.05, 0.1) is 6.61 Å². The van der Waals surface area contributed by atoms with E-state index in [-0.39, 0.29) is 13.0 Å². The SMILES string of the molecule is CC#CCC(C(=O)O)(C(=O)OCC)c1ccc(Cl)cc1. The molecular formula is C15H15ClO4. The van der Waals surface area contributed by atoms with Gasteiger partial charge in [-0.25, -0.2) is 0 Å². The van der Waals surface area contributed by atoms with Crippen molar-refractivity contribution in [1.29, 1.82) is 0 Å². The number of hydrogen-bond acceptors (Lipinski definition) is 3. The van der Waals surface area contributed by atoms with Gasteiger partial charge < -0.3 is 9.84 Å². The van der Waals surface area contributed by atoms with E-state index in [0.29, 0.717) is 10.6 Å². The van der Waals surface area contributed by atoms with E-state index < -0.39 is 17.4 Å². The number of hydrogen-bond donors (Lipinski definition) is 1. The number of carbonyl (C=O) groups is 2. The maximum Gasteiger partial charge on any atom is 0.329 e. The summed E-state index contributed by atoms with van der Waals surface area (Å²) >= 11 is 5.79. The molecule has 0 fully saturated rings. The van der Waals surface area contributed by atoms with Crippen molar-refractivity contribution in [2.45, 2.75) is 25.7 Å². The van der Waals surface area contributed by atoms with Crippen LogP contribution in [0.5, 0.6) is 0 Å². The van der Waals surface area contributed by atoms with Crippen LogP contribution >= 0.6 is 11.6 Å². The molecule has 4 nitrogen and oxygen atoms in total. The van der Waals surface area contributed by atoms with E-state index in [4.69, 9.17) is 16.3 Å². The number of ether oxygens (including phenoxy) is 1. The molecule has 5 heteroatoms. The molecule has 0 amide bonds. The fourth-order valence-electron chi connectivity index (χ4n) is 1.79. The topological polar surface area (TPSA) is 63.6 Å². The molecule has 1 aromatic rings. The number of benzene rings is 1. The maximum atomic E-state index is 12.2. The summed E-state index contributed by atoms with van der Waals surface area (Å²) in [5.74, 6) is 3.15. The Labute approximate surface area is 122 Å². The molecule has 0 saturated carbocycles. The van der Waals surface area contributed by atoms with Gasteiger partial charge in [-0.05, 0) is 31.5 Å². The molecule has 1 rings (SSSR count). The van der Waals surface area contributed by atoms with Crippen molar-refractivity contribution in [3.05, 3.63) is 34.9 Å². The fraction of sp³-hybridized carbons (Fsp3) is 0.333. The highest BCUT2D eigenvalue weighted by molar-refractivity contribution is 6.30. The van der Waals surface area contributed by atoms with E-state index in [0.717, 1.165) is 0 Å². The van der Waals surface area contributed by atoms with Crippen molar-refractivity contribution < 1.29 is 19.4 Å². The number of halogens is 1. The lowest BCUT2D eigenvalue weighted by Crippen LogP contribution is -2.44. The third-order valence-corrected chi connectivity index (χ3v) is 3.11. The summed E-state index contributed by atoms with van der Waals surface area (Å²) in [7, 11) is 0. The monoisotopic (exact) mass is 294 g/mol. The summed E-state index contributed by atoms with van der Waals surface area (Å²) in [4.78, 5) is 23.9. The van der Waals surface area contributed by atoms with E-state index in [2.05, 4.69) is 11.8 Å². The van der Waals surface area contributed by atoms with Gasteiger partial charge in [-0.15, -0.1) is 11.8 Å². The van der Waals surface area contributed by atoms with Crippen LogP contribution in [0.25, 0.3) is 0 Å². The Morgan fingerprint density at radius 1 is 1.35 bits per heavy atom. The molecule has 20 heavy (non-hydrogen) atoms. The van der Waals surface area contributed by atoms with Gasteiger partial charge in [-0.3, -0.25) is 9.59 Å². The fourth-order valence-corrected chi connectivity index (χ4v) is 1.91. The van der Waals surface area contributed by atoms with Gasteiger partial charge in [0, 0.05) is 11.4 Å². The summed E-state index contributed by atoms with van der Waals surface area (Å²) in [6, 6.07) is 6.08.